The lowest BCUT2D eigenvalue weighted by Crippen LogP contribution is -2.43. The quantitative estimate of drug-likeness (QED) is 0.416. The van der Waals surface area contributed by atoms with Gasteiger partial charge >= 0.3 is 5.97 Å². The van der Waals surface area contributed by atoms with Crippen molar-refractivity contribution < 1.29 is 19.5 Å². The van der Waals surface area contributed by atoms with Crippen LogP contribution < -0.4 is 5.32 Å². The van der Waals surface area contributed by atoms with Crippen molar-refractivity contribution in [2.45, 2.75) is 25.8 Å². The normalized spacial score (nSPS) is 16.2. The minimum absolute atomic E-state index is 0.0445. The maximum atomic E-state index is 12.8. The molecule has 6 nitrogen and oxygen atoms in total. The predicted molar refractivity (Wildman–Crippen MR) is 134 cm³/mol. The average molecular weight is 481 g/mol. The zero-order valence-electron chi connectivity index (χ0n) is 18.1. The number of hydrogen-bond acceptors (Lipinski definition) is 5. The second-order valence-corrected chi connectivity index (χ2v) is 9.21. The number of benzene rings is 2. The number of carbonyl (C=O) groups excluding carboxylic acids is 2. The Morgan fingerprint density at radius 1 is 1.12 bits per heavy atom. The molecule has 1 atom stereocenters. The summed E-state index contributed by atoms with van der Waals surface area (Å²) in [6.07, 6.45) is 3.89. The fourth-order valence-electron chi connectivity index (χ4n) is 3.28. The van der Waals surface area contributed by atoms with Crippen LogP contribution in [0.5, 0.6) is 0 Å². The number of nitrogens with zero attached hydrogens (tertiary/aromatic N) is 1. The number of carboxylic acids is 1. The predicted octanol–water partition coefficient (Wildman–Crippen LogP) is 4.04. The minimum Gasteiger partial charge on any atom is -0.480 e. The van der Waals surface area contributed by atoms with Gasteiger partial charge in [0.2, 0.25) is 5.91 Å². The van der Waals surface area contributed by atoms with Gasteiger partial charge in [0.1, 0.15) is 10.4 Å². The molecule has 0 spiro atoms. The molecule has 0 aromatic heterocycles. The van der Waals surface area contributed by atoms with Crippen molar-refractivity contribution in [3.63, 3.8) is 0 Å². The van der Waals surface area contributed by atoms with Gasteiger partial charge in [0, 0.05) is 19.4 Å². The van der Waals surface area contributed by atoms with Crippen LogP contribution in [0.4, 0.5) is 0 Å². The standard InChI is InChI=1S/C25H24N2O4S2/c1-17(14-18-8-4-2-5-9-18)15-21-23(29)27(25(32)33-21)13-12-22(28)26-20(24(30)31)16-19-10-6-3-7-11-19/h2-11,14-15,20H,12-13,16H2,1H3,(H,26,28)(H,30,31)/b17-14+,21-15+/t20-/m0/s1. The van der Waals surface area contributed by atoms with Crippen LogP contribution in [0.15, 0.2) is 77.2 Å². The summed E-state index contributed by atoms with van der Waals surface area (Å²) >= 11 is 6.52. The lowest BCUT2D eigenvalue weighted by molar-refractivity contribution is -0.141. The third-order valence-corrected chi connectivity index (χ3v) is 6.28. The summed E-state index contributed by atoms with van der Waals surface area (Å²) < 4.78 is 0.380. The third kappa shape index (κ3) is 7.13. The van der Waals surface area contributed by atoms with Gasteiger partial charge in [-0.25, -0.2) is 4.79 Å². The molecule has 1 saturated heterocycles. The van der Waals surface area contributed by atoms with E-state index in [1.165, 1.54) is 16.7 Å². The molecule has 0 saturated carbocycles. The van der Waals surface area contributed by atoms with Crippen LogP contribution in [-0.2, 0) is 20.8 Å². The Kier molecular flexibility index (Phi) is 8.57. The van der Waals surface area contributed by atoms with Crippen molar-refractivity contribution in [2.75, 3.05) is 6.54 Å². The SMILES string of the molecule is CC(=C\c1ccccc1)/C=C1/SC(=S)N(CCC(=O)N[C@@H](Cc2ccccc2)C(=O)O)C1=O. The molecule has 0 bridgehead atoms. The fourth-order valence-corrected chi connectivity index (χ4v) is 4.64. The number of hydrogen-bond donors (Lipinski definition) is 2. The first-order valence-corrected chi connectivity index (χ1v) is 11.6. The molecule has 1 aliphatic heterocycles. The number of amides is 2. The van der Waals surface area contributed by atoms with Crippen molar-refractivity contribution in [3.05, 3.63) is 88.3 Å². The molecule has 170 valence electrons. The second kappa shape index (κ2) is 11.6. The van der Waals surface area contributed by atoms with E-state index in [0.717, 1.165) is 16.7 Å². The Morgan fingerprint density at radius 2 is 1.76 bits per heavy atom. The molecule has 2 aromatic rings. The number of aliphatic carboxylic acids is 1. The summed E-state index contributed by atoms with van der Waals surface area (Å²) in [4.78, 5) is 38.6. The minimum atomic E-state index is -1.11. The molecule has 2 aromatic carbocycles. The highest BCUT2D eigenvalue weighted by atomic mass is 32.2. The van der Waals surface area contributed by atoms with Crippen molar-refractivity contribution >= 4 is 52.2 Å². The third-order valence-electron chi connectivity index (χ3n) is 4.90. The Labute approximate surface area is 202 Å². The largest absolute Gasteiger partial charge is 0.480 e. The van der Waals surface area contributed by atoms with Crippen LogP contribution in [0, 0.1) is 0 Å². The van der Waals surface area contributed by atoms with E-state index in [0.29, 0.717) is 9.23 Å². The smallest absolute Gasteiger partial charge is 0.326 e. The Balaban J connectivity index is 1.57. The van der Waals surface area contributed by atoms with Gasteiger partial charge in [-0.2, -0.15) is 0 Å². The van der Waals surface area contributed by atoms with Crippen molar-refractivity contribution in [2.24, 2.45) is 0 Å². The van der Waals surface area contributed by atoms with Crippen LogP contribution in [0.3, 0.4) is 0 Å². The van der Waals surface area contributed by atoms with E-state index in [1.54, 1.807) is 6.08 Å². The fraction of sp³-hybridized carbons (Fsp3) is 0.200. The van der Waals surface area contributed by atoms with Gasteiger partial charge < -0.3 is 10.4 Å². The first-order valence-electron chi connectivity index (χ1n) is 10.4. The highest BCUT2D eigenvalue weighted by molar-refractivity contribution is 8.26. The monoisotopic (exact) mass is 480 g/mol. The van der Waals surface area contributed by atoms with E-state index in [2.05, 4.69) is 5.32 Å². The van der Waals surface area contributed by atoms with Gasteiger partial charge in [0.25, 0.3) is 5.91 Å². The Hall–Kier alpha value is -3.23. The van der Waals surface area contributed by atoms with Crippen molar-refractivity contribution in [1.29, 1.82) is 0 Å². The van der Waals surface area contributed by atoms with E-state index >= 15 is 0 Å². The molecule has 2 N–H and O–H groups in total. The number of thioether (sulfide) groups is 1. The maximum absolute atomic E-state index is 12.8. The van der Waals surface area contributed by atoms with Gasteiger partial charge in [-0.05, 0) is 29.7 Å². The van der Waals surface area contributed by atoms with Crippen LogP contribution >= 0.6 is 24.0 Å². The summed E-state index contributed by atoms with van der Waals surface area (Å²) in [5, 5.41) is 12.0. The van der Waals surface area contributed by atoms with Crippen LogP contribution in [-0.4, -0.2) is 44.7 Å². The molecule has 0 unspecified atom stereocenters. The molecule has 3 rings (SSSR count). The summed E-state index contributed by atoms with van der Waals surface area (Å²) in [6.45, 7) is 2.00. The van der Waals surface area contributed by atoms with Crippen LogP contribution in [0.1, 0.15) is 24.5 Å². The van der Waals surface area contributed by atoms with Crippen molar-refractivity contribution in [1.82, 2.24) is 10.2 Å². The number of carbonyl (C=O) groups is 3. The number of thiocarbonyl (C=S) groups is 1. The molecule has 2 amide bonds. The molecule has 0 aliphatic carbocycles. The highest BCUT2D eigenvalue weighted by Gasteiger charge is 2.32. The summed E-state index contributed by atoms with van der Waals surface area (Å²) in [7, 11) is 0. The molecule has 0 radical (unpaired) electrons. The van der Waals surface area contributed by atoms with E-state index < -0.39 is 17.9 Å². The Morgan fingerprint density at radius 3 is 2.39 bits per heavy atom. The first-order chi connectivity index (χ1) is 15.8. The molecule has 1 fully saturated rings. The van der Waals surface area contributed by atoms with Gasteiger partial charge in [0.05, 0.1) is 4.91 Å². The average Bonchev–Trinajstić information content (AvgIpc) is 3.05. The number of rotatable bonds is 9. The zero-order valence-corrected chi connectivity index (χ0v) is 19.7. The first kappa shape index (κ1) is 24.4. The number of nitrogens with one attached hydrogen (secondary N) is 1. The van der Waals surface area contributed by atoms with E-state index in [4.69, 9.17) is 12.2 Å². The zero-order chi connectivity index (χ0) is 23.8. The Bertz CT molecular complexity index is 1100. The van der Waals surface area contributed by atoms with Gasteiger partial charge in [0.15, 0.2) is 0 Å². The van der Waals surface area contributed by atoms with Crippen LogP contribution in [0.25, 0.3) is 6.08 Å². The van der Waals surface area contributed by atoms with Gasteiger partial charge in [-0.3, -0.25) is 14.5 Å². The maximum Gasteiger partial charge on any atom is 0.326 e. The molecule has 1 aliphatic rings. The van der Waals surface area contributed by atoms with E-state index in [-0.39, 0.29) is 25.3 Å². The number of allylic oxidation sites excluding steroid dienone is 2. The van der Waals surface area contributed by atoms with E-state index in [1.807, 2.05) is 73.7 Å². The summed E-state index contributed by atoms with van der Waals surface area (Å²) in [6, 6.07) is 17.8. The second-order valence-electron chi connectivity index (χ2n) is 7.53. The highest BCUT2D eigenvalue weighted by Crippen LogP contribution is 2.32. The summed E-state index contributed by atoms with van der Waals surface area (Å²) in [5.41, 5.74) is 2.75. The van der Waals surface area contributed by atoms with Crippen LogP contribution in [0.2, 0.25) is 0 Å². The van der Waals surface area contributed by atoms with Crippen molar-refractivity contribution in [3.8, 4) is 0 Å². The van der Waals surface area contributed by atoms with Gasteiger partial charge in [-0.15, -0.1) is 0 Å². The number of carboxylic acid groups (broad SMARTS) is 1. The molecule has 1 heterocycles. The topological polar surface area (TPSA) is 86.7 Å². The summed E-state index contributed by atoms with van der Waals surface area (Å²) in [5.74, 6) is -1.81. The van der Waals surface area contributed by atoms with Gasteiger partial charge in [-0.1, -0.05) is 90.7 Å². The lowest BCUT2D eigenvalue weighted by atomic mass is 10.1. The lowest BCUT2D eigenvalue weighted by Gasteiger charge is -2.17. The molecular weight excluding hydrogens is 456 g/mol. The molecular formula is C25H24N2O4S2. The van der Waals surface area contributed by atoms with E-state index in [9.17, 15) is 19.5 Å². The molecule has 8 heteroatoms. The molecule has 33 heavy (non-hydrogen) atoms.